The topological polar surface area (TPSA) is 81.1 Å². The zero-order valence-electron chi connectivity index (χ0n) is 45.4. The first-order valence-electron chi connectivity index (χ1n) is 29.8. The second-order valence-corrected chi connectivity index (χ2v) is 46.2. The summed E-state index contributed by atoms with van der Waals surface area (Å²) in [5, 5.41) is 1.69. The van der Waals surface area contributed by atoms with Crippen LogP contribution in [0.1, 0.15) is 148 Å². The van der Waals surface area contributed by atoms with E-state index < -0.39 is 33.3 Å². The monoisotopic (exact) mass is 1040 g/mol. The molecule has 5 saturated carbocycles. The number of hydrogen-bond acceptors (Lipinski definition) is 7. The summed E-state index contributed by atoms with van der Waals surface area (Å²) in [7, 11) is -6.54. The third kappa shape index (κ3) is 17.0. The van der Waals surface area contributed by atoms with E-state index in [0.717, 1.165) is 29.6 Å². The fourth-order valence-corrected chi connectivity index (χ4v) is 34.8. The van der Waals surface area contributed by atoms with Gasteiger partial charge in [0.05, 0.1) is 69.1 Å². The molecule has 1 aromatic rings. The summed E-state index contributed by atoms with van der Waals surface area (Å²) in [5.41, 5.74) is 0. The molecule has 0 spiro atoms. The van der Waals surface area contributed by atoms with Crippen molar-refractivity contribution in [3.63, 3.8) is 0 Å². The second-order valence-electron chi connectivity index (χ2n) is 26.9. The van der Waals surface area contributed by atoms with Crippen LogP contribution in [-0.4, -0.2) is 104 Å². The first-order chi connectivity index (χ1) is 33.1. The van der Waals surface area contributed by atoms with E-state index in [4.69, 9.17) is 31.9 Å². The van der Waals surface area contributed by atoms with Gasteiger partial charge in [0.25, 0.3) is 0 Å². The second kappa shape index (κ2) is 23.9. The predicted molar refractivity (Wildman–Crippen MR) is 298 cm³/mol. The Hall–Kier alpha value is 0.0244. The van der Waals surface area contributed by atoms with Crippen molar-refractivity contribution in [2.75, 3.05) is 0 Å². The summed E-state index contributed by atoms with van der Waals surface area (Å²) in [6.07, 6.45) is 36.5. The van der Waals surface area contributed by atoms with Crippen LogP contribution >= 0.6 is 0 Å². The van der Waals surface area contributed by atoms with Crippen LogP contribution in [0.15, 0.2) is 30.3 Å². The van der Waals surface area contributed by atoms with Gasteiger partial charge in [-0.15, -0.1) is 0 Å². The van der Waals surface area contributed by atoms with Crippen LogP contribution in [-0.2, 0) is 31.9 Å². The van der Waals surface area contributed by atoms with Gasteiger partial charge in [-0.3, -0.25) is 0 Å². The lowest BCUT2D eigenvalue weighted by Gasteiger charge is -2.39. The third-order valence-electron chi connectivity index (χ3n) is 19.3. The molecular weight excluding hydrogens is 937 g/mol. The zero-order valence-corrected chi connectivity index (χ0v) is 50.8. The van der Waals surface area contributed by atoms with E-state index in [9.17, 15) is 0 Å². The smallest absolute Gasteiger partial charge is 0.311 e. The molecule has 392 valence electrons. The van der Waals surface area contributed by atoms with Gasteiger partial charge in [0.15, 0.2) is 16.6 Å². The Morgan fingerprint density at radius 2 is 0.783 bits per heavy atom. The molecular formula is C57H102O7Si5. The van der Waals surface area contributed by atoms with Crippen molar-refractivity contribution in [3.05, 3.63) is 30.3 Å². The molecule has 10 fully saturated rings. The van der Waals surface area contributed by atoms with Gasteiger partial charge in [-0.05, 0) is 177 Å². The van der Waals surface area contributed by atoms with Gasteiger partial charge in [-0.1, -0.05) is 118 Å². The Kier molecular flexibility index (Phi) is 18.7. The molecule has 0 aromatic heterocycles. The minimum atomic E-state index is -2.08. The van der Waals surface area contributed by atoms with Gasteiger partial charge in [0.1, 0.15) is 0 Å². The molecule has 5 aliphatic heterocycles. The molecule has 0 radical (unpaired) electrons. The lowest BCUT2D eigenvalue weighted by molar-refractivity contribution is 0.345. The van der Waals surface area contributed by atoms with Gasteiger partial charge in [0, 0.05) is 9.52 Å². The first kappa shape index (κ1) is 53.8. The Balaban J connectivity index is 0.000000136. The molecule has 7 nitrogen and oxygen atoms in total. The first-order valence-corrected chi connectivity index (χ1v) is 43.8. The summed E-state index contributed by atoms with van der Waals surface area (Å²) in [4.78, 5) is 0. The lowest BCUT2D eigenvalue weighted by Crippen LogP contribution is -2.52. The molecule has 15 atom stereocenters. The van der Waals surface area contributed by atoms with Crippen LogP contribution in [0.25, 0.3) is 0 Å². The Morgan fingerprint density at radius 1 is 0.435 bits per heavy atom. The van der Waals surface area contributed by atoms with E-state index in [1.807, 2.05) is 0 Å². The molecule has 12 heteroatoms. The van der Waals surface area contributed by atoms with Crippen LogP contribution in [0.5, 0.6) is 0 Å². The SMILES string of the molecule is CCCC[SiH2]CCC1CCC2OC2C1.C[Si](C)(CCC1CCC2OC2C1)O[Si](C)(C)O[Si](C)(C)CCC1CCC2OC2C1.C[Si](CCC1CCC2OC2C1)(CCC1CCC2OC2C1)c1ccccc1. The van der Waals surface area contributed by atoms with E-state index in [0.29, 0.717) is 70.6 Å². The van der Waals surface area contributed by atoms with Crippen LogP contribution in [0.2, 0.25) is 82.1 Å². The number of rotatable bonds is 23. The van der Waals surface area contributed by atoms with Crippen molar-refractivity contribution in [1.82, 2.24) is 0 Å². The van der Waals surface area contributed by atoms with Crippen LogP contribution in [0, 0.1) is 29.6 Å². The van der Waals surface area contributed by atoms with Crippen molar-refractivity contribution < 1.29 is 31.9 Å². The van der Waals surface area contributed by atoms with Gasteiger partial charge >= 0.3 is 8.56 Å². The molecule has 69 heavy (non-hydrogen) atoms. The highest BCUT2D eigenvalue weighted by Crippen LogP contribution is 2.46. The molecule has 10 aliphatic rings. The summed E-state index contributed by atoms with van der Waals surface area (Å²) in [6.45, 7) is 19.2. The number of fused-ring (bicyclic) bond motifs is 5. The fourth-order valence-electron chi connectivity index (χ4n) is 14.6. The number of unbranched alkanes of at least 4 members (excludes halogenated alkanes) is 1. The van der Waals surface area contributed by atoms with E-state index in [1.165, 1.54) is 165 Å². The molecule has 0 amide bonds. The van der Waals surface area contributed by atoms with Crippen molar-refractivity contribution in [2.45, 2.75) is 291 Å². The minimum Gasteiger partial charge on any atom is -0.437 e. The Labute approximate surface area is 428 Å². The lowest BCUT2D eigenvalue weighted by atomic mass is 9.87. The molecule has 1 aromatic carbocycles. The van der Waals surface area contributed by atoms with E-state index in [2.05, 4.69) is 83.1 Å². The molecule has 5 heterocycles. The van der Waals surface area contributed by atoms with Crippen molar-refractivity contribution in [2.24, 2.45) is 29.6 Å². The average molecular weight is 1040 g/mol. The highest BCUT2D eigenvalue weighted by molar-refractivity contribution is 6.91. The maximum atomic E-state index is 6.84. The molecule has 0 N–H and O–H groups in total. The molecule has 5 aliphatic carbocycles. The molecule has 0 bridgehead atoms. The van der Waals surface area contributed by atoms with Crippen LogP contribution in [0.3, 0.4) is 0 Å². The standard InChI is InChI=1S/C23H34O2Si.C22H44O4Si3.C12H24OSi/c1-26(19-5-3-2-4-6-19,13-11-17-7-9-20-22(15-17)24-20)14-12-18-8-10-21-23(16-18)25-21;1-27(2,13-11-17-7-9-19-21(15-17)23-19)25-29(5,6)26-28(3,4)14-12-18-8-10-20-22(16-18)24-20;1-2-3-7-14-8-6-10-4-5-11-12(9-10)13-11/h2-6,17-18,20-23H,7-16H2,1H3;17-22H,7-16H2,1-6H3;10-12H,2-9,14H2,1H3. The van der Waals surface area contributed by atoms with Gasteiger partial charge in [0.2, 0.25) is 0 Å². The van der Waals surface area contributed by atoms with Crippen molar-refractivity contribution >= 4 is 48.0 Å². The Bertz CT molecular complexity index is 1660. The normalized spacial score (nSPS) is 38.1. The summed E-state index contributed by atoms with van der Waals surface area (Å²) < 4.78 is 42.2. The summed E-state index contributed by atoms with van der Waals surface area (Å²) >= 11 is 0. The van der Waals surface area contributed by atoms with Gasteiger partial charge in [-0.2, -0.15) is 0 Å². The fraction of sp³-hybridized carbons (Fsp3) is 0.895. The van der Waals surface area contributed by atoms with E-state index >= 15 is 0 Å². The maximum absolute atomic E-state index is 6.84. The maximum Gasteiger partial charge on any atom is 0.311 e. The van der Waals surface area contributed by atoms with Crippen LogP contribution < -0.4 is 5.19 Å². The summed E-state index contributed by atoms with van der Waals surface area (Å²) in [5.74, 6) is 4.59. The number of hydrogen-bond donors (Lipinski definition) is 0. The third-order valence-corrected chi connectivity index (χ3v) is 37.1. The van der Waals surface area contributed by atoms with Gasteiger partial charge < -0.3 is 31.9 Å². The predicted octanol–water partition coefficient (Wildman–Crippen LogP) is 13.7. The number of benzene rings is 1. The largest absolute Gasteiger partial charge is 0.437 e. The zero-order chi connectivity index (χ0) is 48.2. The molecule has 11 rings (SSSR count). The quantitative estimate of drug-likeness (QED) is 0.0613. The van der Waals surface area contributed by atoms with Crippen molar-refractivity contribution in [3.8, 4) is 0 Å². The average Bonchev–Trinajstić information content (AvgIpc) is 4.09. The molecule has 5 saturated heterocycles. The highest BCUT2D eigenvalue weighted by atomic mass is 28.5. The number of ether oxygens (including phenoxy) is 5. The van der Waals surface area contributed by atoms with Crippen LogP contribution in [0.4, 0.5) is 0 Å². The van der Waals surface area contributed by atoms with Crippen molar-refractivity contribution in [1.29, 1.82) is 0 Å². The highest BCUT2D eigenvalue weighted by Gasteiger charge is 2.48. The summed E-state index contributed by atoms with van der Waals surface area (Å²) in [6, 6.07) is 20.2. The van der Waals surface area contributed by atoms with E-state index in [1.54, 1.807) is 17.3 Å². The Morgan fingerprint density at radius 3 is 1.13 bits per heavy atom. The van der Waals surface area contributed by atoms with E-state index in [-0.39, 0.29) is 0 Å². The molecule has 15 unspecified atom stereocenters. The minimum absolute atomic E-state index is 0.311. The van der Waals surface area contributed by atoms with Gasteiger partial charge in [-0.25, -0.2) is 0 Å². The number of epoxide rings is 5.